The molecule has 0 spiro atoms. The molecule has 0 radical (unpaired) electrons. The van der Waals surface area contributed by atoms with E-state index in [2.05, 4.69) is 15.2 Å². The predicted molar refractivity (Wildman–Crippen MR) is 114 cm³/mol. The average Bonchev–Trinajstić information content (AvgIpc) is 3.01. The van der Waals surface area contributed by atoms with Crippen LogP contribution in [0.5, 0.6) is 0 Å². The highest BCUT2D eigenvalue weighted by Crippen LogP contribution is 2.15. The van der Waals surface area contributed by atoms with Crippen molar-refractivity contribution >= 4 is 17.1 Å². The van der Waals surface area contributed by atoms with E-state index in [1.807, 2.05) is 56.3 Å². The van der Waals surface area contributed by atoms with Crippen LogP contribution in [0.1, 0.15) is 36.8 Å². The van der Waals surface area contributed by atoms with Gasteiger partial charge < -0.3 is 0 Å². The number of H-pyrrole nitrogens is 1. The molecule has 0 aliphatic rings. The fourth-order valence-corrected chi connectivity index (χ4v) is 3.21. The van der Waals surface area contributed by atoms with E-state index in [1.54, 1.807) is 19.1 Å². The van der Waals surface area contributed by atoms with Crippen LogP contribution >= 0.6 is 0 Å². The molecule has 0 aliphatic heterocycles. The van der Waals surface area contributed by atoms with Gasteiger partial charge in [0.25, 0.3) is 11.1 Å². The number of benzene rings is 2. The molecule has 2 aromatic heterocycles. The molecule has 0 saturated heterocycles. The summed E-state index contributed by atoms with van der Waals surface area (Å²) in [6, 6.07) is 16.5. The summed E-state index contributed by atoms with van der Waals surface area (Å²) >= 11 is 0. The van der Waals surface area contributed by atoms with E-state index in [4.69, 9.17) is 0 Å². The Kier molecular flexibility index (Phi) is 4.72. The first-order chi connectivity index (χ1) is 14.0. The van der Waals surface area contributed by atoms with Crippen LogP contribution in [0.2, 0.25) is 0 Å². The van der Waals surface area contributed by atoms with Gasteiger partial charge in [-0.2, -0.15) is 9.78 Å². The monoisotopic (exact) mass is 387 g/mol. The second-order valence-corrected chi connectivity index (χ2v) is 7.13. The molecule has 7 heteroatoms. The zero-order chi connectivity index (χ0) is 20.5. The van der Waals surface area contributed by atoms with Gasteiger partial charge in [-0.05, 0) is 31.2 Å². The van der Waals surface area contributed by atoms with Gasteiger partial charge in [0.2, 0.25) is 0 Å². The molecule has 0 atom stereocenters. The van der Waals surface area contributed by atoms with Gasteiger partial charge in [-0.3, -0.25) is 14.7 Å². The average molecular weight is 387 g/mol. The quantitative estimate of drug-likeness (QED) is 0.546. The molecule has 7 nitrogen and oxygen atoms in total. The maximum Gasteiger partial charge on any atom is 0.282 e. The van der Waals surface area contributed by atoms with Crippen molar-refractivity contribution in [1.82, 2.24) is 19.4 Å². The summed E-state index contributed by atoms with van der Waals surface area (Å²) in [5.41, 5.74) is 1.93. The summed E-state index contributed by atoms with van der Waals surface area (Å²) in [5, 5.41) is 7.90. The SMILES string of the molecule is Cc1[nH]n(-c2ccccc2)c(=O)c1/C=N/n1c(C(C)C)nc2ccccc2c1=O. The molecule has 2 aromatic carbocycles. The van der Waals surface area contributed by atoms with Crippen LogP contribution in [0.25, 0.3) is 16.6 Å². The normalized spacial score (nSPS) is 11.7. The van der Waals surface area contributed by atoms with Gasteiger partial charge in [0, 0.05) is 11.6 Å². The Balaban J connectivity index is 1.85. The third kappa shape index (κ3) is 3.31. The zero-order valence-corrected chi connectivity index (χ0v) is 16.5. The highest BCUT2D eigenvalue weighted by Gasteiger charge is 2.14. The van der Waals surface area contributed by atoms with Crippen molar-refractivity contribution in [2.45, 2.75) is 26.7 Å². The van der Waals surface area contributed by atoms with Gasteiger partial charge in [-0.15, -0.1) is 0 Å². The van der Waals surface area contributed by atoms with Crippen molar-refractivity contribution in [1.29, 1.82) is 0 Å². The van der Waals surface area contributed by atoms with Gasteiger partial charge in [-0.1, -0.05) is 44.2 Å². The first kappa shape index (κ1) is 18.6. The molecule has 0 aliphatic carbocycles. The lowest BCUT2D eigenvalue weighted by Gasteiger charge is -2.11. The summed E-state index contributed by atoms with van der Waals surface area (Å²) in [4.78, 5) is 30.5. The predicted octanol–water partition coefficient (Wildman–Crippen LogP) is 3.19. The molecule has 4 rings (SSSR count). The first-order valence-electron chi connectivity index (χ1n) is 9.40. The van der Waals surface area contributed by atoms with Crippen LogP contribution < -0.4 is 11.1 Å². The number of para-hydroxylation sites is 2. The summed E-state index contributed by atoms with van der Waals surface area (Å²) in [7, 11) is 0. The molecular formula is C22H21N5O2. The summed E-state index contributed by atoms with van der Waals surface area (Å²) in [6.45, 7) is 5.70. The lowest BCUT2D eigenvalue weighted by Crippen LogP contribution is -2.24. The Hall–Kier alpha value is -3.74. The van der Waals surface area contributed by atoms with Gasteiger partial charge in [-0.25, -0.2) is 9.67 Å². The Morgan fingerprint density at radius 1 is 1.00 bits per heavy atom. The van der Waals surface area contributed by atoms with E-state index in [0.717, 1.165) is 5.69 Å². The van der Waals surface area contributed by atoms with Crippen molar-refractivity contribution in [2.24, 2.45) is 5.10 Å². The van der Waals surface area contributed by atoms with Crippen LogP contribution in [0.4, 0.5) is 0 Å². The first-order valence-corrected chi connectivity index (χ1v) is 9.40. The number of hydrogen-bond acceptors (Lipinski definition) is 4. The van der Waals surface area contributed by atoms with Crippen molar-refractivity contribution < 1.29 is 0 Å². The highest BCUT2D eigenvalue weighted by atomic mass is 16.1. The number of hydrogen-bond donors (Lipinski definition) is 1. The van der Waals surface area contributed by atoms with Crippen LogP contribution in [0.3, 0.4) is 0 Å². The second kappa shape index (κ2) is 7.35. The zero-order valence-electron chi connectivity index (χ0n) is 16.5. The van der Waals surface area contributed by atoms with E-state index < -0.39 is 0 Å². The molecule has 1 N–H and O–H groups in total. The Bertz CT molecular complexity index is 1330. The van der Waals surface area contributed by atoms with Crippen molar-refractivity contribution in [3.05, 3.63) is 92.4 Å². The molecule has 29 heavy (non-hydrogen) atoms. The van der Waals surface area contributed by atoms with Gasteiger partial charge >= 0.3 is 0 Å². The highest BCUT2D eigenvalue weighted by molar-refractivity contribution is 5.81. The van der Waals surface area contributed by atoms with Crippen LogP contribution in [-0.2, 0) is 0 Å². The largest absolute Gasteiger partial charge is 0.295 e. The Morgan fingerprint density at radius 2 is 1.69 bits per heavy atom. The number of aromatic amines is 1. The smallest absolute Gasteiger partial charge is 0.282 e. The number of nitrogens with one attached hydrogen (secondary N) is 1. The number of rotatable bonds is 4. The standard InChI is InChI=1S/C22H21N5O2/c1-14(2)20-24-19-12-8-7-11-17(19)21(28)27(20)23-13-18-15(3)25-26(22(18)29)16-9-5-4-6-10-16/h4-14,25H,1-3H3/b23-13+. The number of aryl methyl sites for hydroxylation is 1. The van der Waals surface area contributed by atoms with Crippen LogP contribution in [-0.4, -0.2) is 25.7 Å². The minimum absolute atomic E-state index is 0.0160. The molecule has 4 aromatic rings. The minimum atomic E-state index is -0.257. The van der Waals surface area contributed by atoms with E-state index in [-0.39, 0.29) is 17.0 Å². The summed E-state index contributed by atoms with van der Waals surface area (Å²) in [6.07, 6.45) is 1.43. The minimum Gasteiger partial charge on any atom is -0.295 e. The number of fused-ring (bicyclic) bond motifs is 1. The number of nitrogens with zero attached hydrogens (tertiary/aromatic N) is 4. The molecule has 0 bridgehead atoms. The molecule has 0 fully saturated rings. The van der Waals surface area contributed by atoms with Crippen molar-refractivity contribution in [2.75, 3.05) is 0 Å². The molecule has 0 unspecified atom stereocenters. The van der Waals surface area contributed by atoms with E-state index in [9.17, 15) is 9.59 Å². The maximum atomic E-state index is 13.0. The van der Waals surface area contributed by atoms with E-state index in [1.165, 1.54) is 15.6 Å². The lowest BCUT2D eigenvalue weighted by atomic mass is 10.2. The molecular weight excluding hydrogens is 366 g/mol. The number of aromatic nitrogens is 4. The van der Waals surface area contributed by atoms with E-state index >= 15 is 0 Å². The van der Waals surface area contributed by atoms with Gasteiger partial charge in [0.1, 0.15) is 5.82 Å². The van der Waals surface area contributed by atoms with E-state index in [0.29, 0.717) is 28.0 Å². The Labute approximate surface area is 166 Å². The van der Waals surface area contributed by atoms with Crippen LogP contribution in [0.15, 0.2) is 69.3 Å². The van der Waals surface area contributed by atoms with Gasteiger partial charge in [0.05, 0.1) is 28.4 Å². The van der Waals surface area contributed by atoms with Crippen LogP contribution in [0, 0.1) is 6.92 Å². The van der Waals surface area contributed by atoms with Crippen molar-refractivity contribution in [3.8, 4) is 5.69 Å². The fraction of sp³-hybridized carbons (Fsp3) is 0.182. The third-order valence-corrected chi connectivity index (χ3v) is 4.73. The Morgan fingerprint density at radius 3 is 2.41 bits per heavy atom. The van der Waals surface area contributed by atoms with Gasteiger partial charge in [0.15, 0.2) is 0 Å². The topological polar surface area (TPSA) is 85.0 Å². The molecule has 2 heterocycles. The molecule has 0 saturated carbocycles. The summed E-state index contributed by atoms with van der Waals surface area (Å²) < 4.78 is 2.74. The lowest BCUT2D eigenvalue weighted by molar-refractivity contribution is 0.665. The third-order valence-electron chi connectivity index (χ3n) is 4.73. The second-order valence-electron chi connectivity index (χ2n) is 7.13. The molecule has 146 valence electrons. The molecule has 0 amide bonds. The maximum absolute atomic E-state index is 13.0. The fourth-order valence-electron chi connectivity index (χ4n) is 3.21. The van der Waals surface area contributed by atoms with Crippen molar-refractivity contribution in [3.63, 3.8) is 0 Å². The summed E-state index contributed by atoms with van der Waals surface area (Å²) in [5.74, 6) is 0.527.